The van der Waals surface area contributed by atoms with Gasteiger partial charge in [0.05, 0.1) is 5.92 Å². The molecule has 0 atom stereocenters. The van der Waals surface area contributed by atoms with Crippen LogP contribution >= 0.6 is 0 Å². The zero-order chi connectivity index (χ0) is 10.2. The van der Waals surface area contributed by atoms with Crippen molar-refractivity contribution >= 4 is 0 Å². The van der Waals surface area contributed by atoms with Gasteiger partial charge in [-0.05, 0) is 33.7 Å². The van der Waals surface area contributed by atoms with Crippen LogP contribution in [0.1, 0.15) is 26.7 Å². The summed E-state index contributed by atoms with van der Waals surface area (Å²) >= 11 is 0. The van der Waals surface area contributed by atoms with E-state index in [-0.39, 0.29) is 18.9 Å². The first-order valence-corrected chi connectivity index (χ1v) is 4.61. The number of hydrogen-bond acceptors (Lipinski definition) is 1. The second kappa shape index (κ2) is 3.48. The Morgan fingerprint density at radius 1 is 1.23 bits per heavy atom. The van der Waals surface area contributed by atoms with Gasteiger partial charge in [-0.25, -0.2) is 0 Å². The average Bonchev–Trinajstić information content (AvgIpc) is 1.79. The van der Waals surface area contributed by atoms with E-state index in [0.717, 1.165) is 0 Å². The van der Waals surface area contributed by atoms with E-state index in [4.69, 9.17) is 0 Å². The molecular formula is C9H16F3N. The van der Waals surface area contributed by atoms with E-state index in [2.05, 4.69) is 0 Å². The van der Waals surface area contributed by atoms with E-state index in [1.54, 1.807) is 0 Å². The van der Waals surface area contributed by atoms with E-state index in [1.165, 1.54) is 0 Å². The summed E-state index contributed by atoms with van der Waals surface area (Å²) in [6.45, 7) is 4.00. The Labute approximate surface area is 76.9 Å². The van der Waals surface area contributed by atoms with E-state index >= 15 is 0 Å². The van der Waals surface area contributed by atoms with Gasteiger partial charge in [0, 0.05) is 12.1 Å². The van der Waals surface area contributed by atoms with E-state index in [1.807, 2.05) is 25.8 Å². The molecule has 1 aliphatic carbocycles. The van der Waals surface area contributed by atoms with Crippen molar-refractivity contribution in [1.82, 2.24) is 4.90 Å². The molecule has 1 aliphatic rings. The number of hydrogen-bond donors (Lipinski definition) is 0. The molecule has 0 aliphatic heterocycles. The van der Waals surface area contributed by atoms with E-state index in [9.17, 15) is 13.2 Å². The number of rotatable bonds is 2. The monoisotopic (exact) mass is 195 g/mol. The molecule has 0 N–H and O–H groups in total. The normalized spacial score (nSPS) is 29.5. The van der Waals surface area contributed by atoms with Crippen LogP contribution in [0.5, 0.6) is 0 Å². The molecule has 1 saturated carbocycles. The van der Waals surface area contributed by atoms with Gasteiger partial charge >= 0.3 is 6.18 Å². The zero-order valence-corrected chi connectivity index (χ0v) is 8.23. The lowest BCUT2D eigenvalue weighted by Gasteiger charge is -2.43. The highest BCUT2D eigenvalue weighted by Crippen LogP contribution is 2.43. The van der Waals surface area contributed by atoms with Crippen LogP contribution in [0.25, 0.3) is 0 Å². The molecule has 0 aromatic rings. The topological polar surface area (TPSA) is 3.24 Å². The van der Waals surface area contributed by atoms with E-state index in [0.29, 0.717) is 6.04 Å². The summed E-state index contributed by atoms with van der Waals surface area (Å²) in [7, 11) is 1.89. The molecular weight excluding hydrogens is 179 g/mol. The van der Waals surface area contributed by atoms with Crippen molar-refractivity contribution < 1.29 is 13.2 Å². The highest BCUT2D eigenvalue weighted by atomic mass is 19.4. The second-order valence-electron chi connectivity index (χ2n) is 4.12. The SMILES string of the molecule is CC(C)N(C)C1CC(C(F)(F)F)C1. The van der Waals surface area contributed by atoms with Crippen molar-refractivity contribution in [1.29, 1.82) is 0 Å². The van der Waals surface area contributed by atoms with Crippen LogP contribution in [0.2, 0.25) is 0 Å². The maximum atomic E-state index is 12.1. The van der Waals surface area contributed by atoms with Gasteiger partial charge < -0.3 is 4.90 Å². The maximum absolute atomic E-state index is 12.1. The molecule has 0 aromatic heterocycles. The second-order valence-corrected chi connectivity index (χ2v) is 4.12. The van der Waals surface area contributed by atoms with Crippen molar-refractivity contribution in [3.8, 4) is 0 Å². The molecule has 0 bridgehead atoms. The van der Waals surface area contributed by atoms with Crippen molar-refractivity contribution in [3.05, 3.63) is 0 Å². The number of halogens is 3. The first-order chi connectivity index (χ1) is 5.82. The molecule has 0 heterocycles. The number of nitrogens with zero attached hydrogens (tertiary/aromatic N) is 1. The molecule has 0 radical (unpaired) electrons. The lowest BCUT2D eigenvalue weighted by atomic mass is 9.78. The Hall–Kier alpha value is -0.250. The Morgan fingerprint density at radius 2 is 1.69 bits per heavy atom. The summed E-state index contributed by atoms with van der Waals surface area (Å²) in [5.41, 5.74) is 0. The third-order valence-electron chi connectivity index (χ3n) is 2.97. The van der Waals surface area contributed by atoms with Gasteiger partial charge in [0.1, 0.15) is 0 Å². The Kier molecular flexibility index (Phi) is 2.90. The predicted octanol–water partition coefficient (Wildman–Crippen LogP) is 2.67. The largest absolute Gasteiger partial charge is 0.391 e. The summed E-state index contributed by atoms with van der Waals surface area (Å²) in [5, 5.41) is 0. The minimum absolute atomic E-state index is 0.131. The molecule has 1 nitrogen and oxygen atoms in total. The van der Waals surface area contributed by atoms with Gasteiger partial charge in [0.2, 0.25) is 0 Å². The van der Waals surface area contributed by atoms with Gasteiger partial charge in [-0.1, -0.05) is 0 Å². The maximum Gasteiger partial charge on any atom is 0.391 e. The minimum Gasteiger partial charge on any atom is -0.301 e. The lowest BCUT2D eigenvalue weighted by Crippen LogP contribution is -2.49. The Morgan fingerprint density at radius 3 is 2.00 bits per heavy atom. The molecule has 0 saturated heterocycles. The van der Waals surface area contributed by atoms with Crippen molar-refractivity contribution in [2.24, 2.45) is 5.92 Å². The van der Waals surface area contributed by atoms with Crippen LogP contribution in [0.4, 0.5) is 13.2 Å². The molecule has 4 heteroatoms. The molecule has 0 spiro atoms. The van der Waals surface area contributed by atoms with Crippen molar-refractivity contribution in [2.75, 3.05) is 7.05 Å². The Bertz CT molecular complexity index is 170. The van der Waals surface area contributed by atoms with Crippen molar-refractivity contribution in [3.63, 3.8) is 0 Å². The van der Waals surface area contributed by atoms with Crippen LogP contribution in [0.15, 0.2) is 0 Å². The summed E-state index contributed by atoms with van der Waals surface area (Å²) in [4.78, 5) is 2.02. The summed E-state index contributed by atoms with van der Waals surface area (Å²) in [6.07, 6.45) is -3.43. The van der Waals surface area contributed by atoms with Gasteiger partial charge in [0.25, 0.3) is 0 Å². The van der Waals surface area contributed by atoms with Gasteiger partial charge in [-0.2, -0.15) is 13.2 Å². The molecule has 1 rings (SSSR count). The quantitative estimate of drug-likeness (QED) is 0.654. The highest BCUT2D eigenvalue weighted by Gasteiger charge is 2.48. The third-order valence-corrected chi connectivity index (χ3v) is 2.97. The summed E-state index contributed by atoms with van der Waals surface area (Å²) < 4.78 is 36.4. The van der Waals surface area contributed by atoms with Gasteiger partial charge in [-0.3, -0.25) is 0 Å². The zero-order valence-electron chi connectivity index (χ0n) is 8.23. The fraction of sp³-hybridized carbons (Fsp3) is 1.00. The van der Waals surface area contributed by atoms with Crippen LogP contribution in [-0.2, 0) is 0 Å². The van der Waals surface area contributed by atoms with Crippen LogP contribution in [0, 0.1) is 5.92 Å². The van der Waals surface area contributed by atoms with Gasteiger partial charge in [-0.15, -0.1) is 0 Å². The van der Waals surface area contributed by atoms with Crippen LogP contribution in [0.3, 0.4) is 0 Å². The molecule has 0 unspecified atom stereocenters. The van der Waals surface area contributed by atoms with Gasteiger partial charge in [0.15, 0.2) is 0 Å². The smallest absolute Gasteiger partial charge is 0.301 e. The molecule has 1 fully saturated rings. The fourth-order valence-corrected chi connectivity index (χ4v) is 1.61. The molecule has 0 amide bonds. The summed E-state index contributed by atoms with van der Waals surface area (Å²) in [5.74, 6) is -1.06. The number of alkyl halides is 3. The molecule has 13 heavy (non-hydrogen) atoms. The molecule has 78 valence electrons. The fourth-order valence-electron chi connectivity index (χ4n) is 1.61. The van der Waals surface area contributed by atoms with E-state index < -0.39 is 12.1 Å². The summed E-state index contributed by atoms with van der Waals surface area (Å²) in [6, 6.07) is 0.464. The highest BCUT2D eigenvalue weighted by molar-refractivity contribution is 4.90. The first-order valence-electron chi connectivity index (χ1n) is 4.61. The third kappa shape index (κ3) is 2.36. The predicted molar refractivity (Wildman–Crippen MR) is 45.5 cm³/mol. The minimum atomic E-state index is -3.98. The van der Waals surface area contributed by atoms with Crippen molar-refractivity contribution in [2.45, 2.75) is 44.9 Å². The average molecular weight is 195 g/mol. The first kappa shape index (κ1) is 10.8. The Balaban J connectivity index is 2.33. The lowest BCUT2D eigenvalue weighted by molar-refractivity contribution is -0.206. The van der Waals surface area contributed by atoms with Crippen LogP contribution < -0.4 is 0 Å². The van der Waals surface area contributed by atoms with Crippen LogP contribution in [-0.4, -0.2) is 30.2 Å². The standard InChI is InChI=1S/C9H16F3N/c1-6(2)13(3)8-4-7(5-8)9(10,11)12/h6-8H,4-5H2,1-3H3. The molecule has 0 aromatic carbocycles.